The second kappa shape index (κ2) is 7.09. The number of hydrogen-bond donors (Lipinski definition) is 2. The summed E-state index contributed by atoms with van der Waals surface area (Å²) in [7, 11) is 0. The molecule has 0 aliphatic carbocycles. The third-order valence-electron chi connectivity index (χ3n) is 3.43. The lowest BCUT2D eigenvalue weighted by Gasteiger charge is -2.05. The zero-order valence-corrected chi connectivity index (χ0v) is 12.5. The lowest BCUT2D eigenvalue weighted by atomic mass is 10.1. The predicted molar refractivity (Wildman–Crippen MR) is 81.2 cm³/mol. The Bertz CT molecular complexity index is 599. The van der Waals surface area contributed by atoms with Crippen molar-refractivity contribution in [2.45, 2.75) is 33.3 Å². The van der Waals surface area contributed by atoms with Gasteiger partial charge in [0.15, 0.2) is 5.76 Å². The first-order chi connectivity index (χ1) is 10.1. The van der Waals surface area contributed by atoms with Crippen molar-refractivity contribution in [1.82, 2.24) is 5.32 Å². The number of furan rings is 1. The van der Waals surface area contributed by atoms with Gasteiger partial charge in [-0.25, -0.2) is 0 Å². The van der Waals surface area contributed by atoms with Crippen molar-refractivity contribution in [2.75, 3.05) is 6.54 Å². The minimum Gasteiger partial charge on any atom is -0.456 e. The highest BCUT2D eigenvalue weighted by Crippen LogP contribution is 2.15. The topological polar surface area (TPSA) is 62.5 Å². The molecule has 0 saturated heterocycles. The standard InChI is InChI=1S/C17H21NO3/c1-3-15-10-12(2)16(21-15)17(20)18-9-8-13-4-6-14(11-19)7-5-13/h4-7,10,19H,3,8-9,11H2,1-2H3,(H,18,20). The Morgan fingerprint density at radius 1 is 1.24 bits per heavy atom. The van der Waals surface area contributed by atoms with Gasteiger partial charge in [-0.1, -0.05) is 31.2 Å². The van der Waals surface area contributed by atoms with E-state index in [9.17, 15) is 4.79 Å². The molecule has 4 nitrogen and oxygen atoms in total. The zero-order chi connectivity index (χ0) is 15.2. The highest BCUT2D eigenvalue weighted by molar-refractivity contribution is 5.92. The molecule has 0 atom stereocenters. The van der Waals surface area contributed by atoms with Gasteiger partial charge < -0.3 is 14.8 Å². The molecule has 1 amide bonds. The summed E-state index contributed by atoms with van der Waals surface area (Å²) in [6.07, 6.45) is 1.53. The molecule has 1 heterocycles. The van der Waals surface area contributed by atoms with E-state index in [4.69, 9.17) is 9.52 Å². The Hall–Kier alpha value is -2.07. The first kappa shape index (κ1) is 15.3. The number of rotatable bonds is 6. The van der Waals surface area contributed by atoms with Gasteiger partial charge in [-0.3, -0.25) is 4.79 Å². The summed E-state index contributed by atoms with van der Waals surface area (Å²) in [5, 5.41) is 11.9. The van der Waals surface area contributed by atoms with Crippen LogP contribution in [0.1, 0.15) is 39.9 Å². The number of amides is 1. The molecule has 0 spiro atoms. The molecule has 0 radical (unpaired) electrons. The highest BCUT2D eigenvalue weighted by atomic mass is 16.4. The van der Waals surface area contributed by atoms with Crippen LogP contribution in [0.5, 0.6) is 0 Å². The smallest absolute Gasteiger partial charge is 0.287 e. The van der Waals surface area contributed by atoms with Gasteiger partial charge in [-0.2, -0.15) is 0 Å². The van der Waals surface area contributed by atoms with Gasteiger partial charge in [-0.05, 0) is 30.5 Å². The maximum absolute atomic E-state index is 12.0. The fraction of sp³-hybridized carbons (Fsp3) is 0.353. The second-order valence-corrected chi connectivity index (χ2v) is 5.06. The fourth-order valence-electron chi connectivity index (χ4n) is 2.16. The highest BCUT2D eigenvalue weighted by Gasteiger charge is 2.14. The average Bonchev–Trinajstić information content (AvgIpc) is 2.89. The summed E-state index contributed by atoms with van der Waals surface area (Å²) >= 11 is 0. The van der Waals surface area contributed by atoms with Crippen LogP contribution in [0, 0.1) is 6.92 Å². The van der Waals surface area contributed by atoms with Crippen LogP contribution in [0.4, 0.5) is 0 Å². The van der Waals surface area contributed by atoms with Crippen molar-refractivity contribution >= 4 is 5.91 Å². The van der Waals surface area contributed by atoms with Crippen LogP contribution in [-0.4, -0.2) is 17.6 Å². The van der Waals surface area contributed by atoms with E-state index in [0.717, 1.165) is 35.3 Å². The molecule has 1 aromatic heterocycles. The maximum atomic E-state index is 12.0. The molecular formula is C17H21NO3. The second-order valence-electron chi connectivity index (χ2n) is 5.06. The number of benzene rings is 1. The Kier molecular flexibility index (Phi) is 5.17. The molecule has 0 aliphatic rings. The monoisotopic (exact) mass is 287 g/mol. The van der Waals surface area contributed by atoms with E-state index in [-0.39, 0.29) is 12.5 Å². The normalized spacial score (nSPS) is 10.6. The molecule has 0 aliphatic heterocycles. The number of aliphatic hydroxyl groups is 1. The summed E-state index contributed by atoms with van der Waals surface area (Å²) in [6.45, 7) is 4.48. The number of carbonyl (C=O) groups is 1. The summed E-state index contributed by atoms with van der Waals surface area (Å²) < 4.78 is 5.52. The molecule has 0 bridgehead atoms. The molecule has 0 saturated carbocycles. The summed E-state index contributed by atoms with van der Waals surface area (Å²) in [5.41, 5.74) is 2.88. The number of hydrogen-bond acceptors (Lipinski definition) is 3. The van der Waals surface area contributed by atoms with Crippen molar-refractivity contribution in [1.29, 1.82) is 0 Å². The predicted octanol–water partition coefficient (Wildman–Crippen LogP) is 2.62. The first-order valence-corrected chi connectivity index (χ1v) is 7.20. The molecule has 0 unspecified atom stereocenters. The first-order valence-electron chi connectivity index (χ1n) is 7.20. The Labute approximate surface area is 124 Å². The Morgan fingerprint density at radius 3 is 2.48 bits per heavy atom. The molecule has 1 aromatic carbocycles. The van der Waals surface area contributed by atoms with E-state index >= 15 is 0 Å². The van der Waals surface area contributed by atoms with E-state index in [1.54, 1.807) is 0 Å². The van der Waals surface area contributed by atoms with Crippen LogP contribution < -0.4 is 5.32 Å². The van der Waals surface area contributed by atoms with Gasteiger partial charge in [-0.15, -0.1) is 0 Å². The van der Waals surface area contributed by atoms with Gasteiger partial charge in [0.05, 0.1) is 6.61 Å². The Morgan fingerprint density at radius 2 is 1.90 bits per heavy atom. The Balaban J connectivity index is 1.87. The van der Waals surface area contributed by atoms with E-state index < -0.39 is 0 Å². The minimum absolute atomic E-state index is 0.0501. The van der Waals surface area contributed by atoms with Crippen molar-refractivity contribution in [2.24, 2.45) is 0 Å². The van der Waals surface area contributed by atoms with Crippen LogP contribution in [0.25, 0.3) is 0 Å². The molecule has 112 valence electrons. The number of nitrogens with one attached hydrogen (secondary N) is 1. The minimum atomic E-state index is -0.167. The molecule has 2 rings (SSSR count). The van der Waals surface area contributed by atoms with Crippen molar-refractivity contribution < 1.29 is 14.3 Å². The van der Waals surface area contributed by atoms with E-state index in [0.29, 0.717) is 12.3 Å². The van der Waals surface area contributed by atoms with Crippen molar-refractivity contribution in [3.63, 3.8) is 0 Å². The van der Waals surface area contributed by atoms with Crippen LogP contribution in [-0.2, 0) is 19.4 Å². The molecule has 21 heavy (non-hydrogen) atoms. The van der Waals surface area contributed by atoms with Crippen molar-refractivity contribution in [3.8, 4) is 0 Å². The third-order valence-corrected chi connectivity index (χ3v) is 3.43. The quantitative estimate of drug-likeness (QED) is 0.858. The van der Waals surface area contributed by atoms with E-state index in [1.807, 2.05) is 44.2 Å². The molecule has 4 heteroatoms. The fourth-order valence-corrected chi connectivity index (χ4v) is 2.16. The van der Waals surface area contributed by atoms with Gasteiger partial charge in [0.2, 0.25) is 0 Å². The SMILES string of the molecule is CCc1cc(C)c(C(=O)NCCc2ccc(CO)cc2)o1. The number of aryl methyl sites for hydroxylation is 2. The number of carbonyl (C=O) groups excluding carboxylic acids is 1. The van der Waals surface area contributed by atoms with Gasteiger partial charge in [0, 0.05) is 18.5 Å². The van der Waals surface area contributed by atoms with Crippen LogP contribution in [0.15, 0.2) is 34.7 Å². The largest absolute Gasteiger partial charge is 0.456 e. The summed E-state index contributed by atoms with van der Waals surface area (Å²) in [6, 6.07) is 9.61. The molecule has 0 fully saturated rings. The maximum Gasteiger partial charge on any atom is 0.287 e. The van der Waals surface area contributed by atoms with Crippen molar-refractivity contribution in [3.05, 3.63) is 58.5 Å². The van der Waals surface area contributed by atoms with Crippen LogP contribution in [0.2, 0.25) is 0 Å². The zero-order valence-electron chi connectivity index (χ0n) is 12.5. The molecular weight excluding hydrogens is 266 g/mol. The van der Waals surface area contributed by atoms with E-state index in [2.05, 4.69) is 5.32 Å². The van der Waals surface area contributed by atoms with Gasteiger partial charge in [0.1, 0.15) is 5.76 Å². The summed E-state index contributed by atoms with van der Waals surface area (Å²) in [4.78, 5) is 12.0. The lowest BCUT2D eigenvalue weighted by molar-refractivity contribution is 0.0924. The van der Waals surface area contributed by atoms with Crippen LogP contribution >= 0.6 is 0 Å². The van der Waals surface area contributed by atoms with Gasteiger partial charge in [0.25, 0.3) is 5.91 Å². The van der Waals surface area contributed by atoms with Gasteiger partial charge >= 0.3 is 0 Å². The molecule has 2 aromatic rings. The summed E-state index contributed by atoms with van der Waals surface area (Å²) in [5.74, 6) is 1.07. The number of aliphatic hydroxyl groups excluding tert-OH is 1. The van der Waals surface area contributed by atoms with E-state index in [1.165, 1.54) is 0 Å². The average molecular weight is 287 g/mol. The third kappa shape index (κ3) is 3.95. The van der Waals surface area contributed by atoms with Crippen LogP contribution in [0.3, 0.4) is 0 Å². The lowest BCUT2D eigenvalue weighted by Crippen LogP contribution is -2.25. The molecule has 2 N–H and O–H groups in total.